The smallest absolute Gasteiger partial charge is 0.243 e. The third-order valence-corrected chi connectivity index (χ3v) is 9.23. The minimum atomic E-state index is -3.52. The van der Waals surface area contributed by atoms with Crippen LogP contribution in [0.3, 0.4) is 0 Å². The highest BCUT2D eigenvalue weighted by atomic mass is 32.2. The predicted molar refractivity (Wildman–Crippen MR) is 153 cm³/mol. The van der Waals surface area contributed by atoms with Crippen molar-refractivity contribution >= 4 is 32.4 Å². The van der Waals surface area contributed by atoms with Gasteiger partial charge in [0, 0.05) is 37.3 Å². The summed E-state index contributed by atoms with van der Waals surface area (Å²) in [6.45, 7) is 8.39. The van der Waals surface area contributed by atoms with E-state index in [1.165, 1.54) is 0 Å². The van der Waals surface area contributed by atoms with E-state index in [1.807, 2.05) is 54.6 Å². The number of hydrogen-bond acceptors (Lipinski definition) is 6. The summed E-state index contributed by atoms with van der Waals surface area (Å²) in [5, 5.41) is 4.48. The van der Waals surface area contributed by atoms with Gasteiger partial charge in [0.05, 0.1) is 16.5 Å². The molecule has 38 heavy (non-hydrogen) atoms. The number of sulfonamides is 1. The predicted octanol–water partition coefficient (Wildman–Crippen LogP) is 5.70. The summed E-state index contributed by atoms with van der Waals surface area (Å²) < 4.78 is 28.1. The summed E-state index contributed by atoms with van der Waals surface area (Å²) in [5.41, 5.74) is 4.20. The fourth-order valence-electron chi connectivity index (χ4n) is 4.98. The molecule has 1 atom stereocenters. The first kappa shape index (κ1) is 26.3. The molecule has 198 valence electrons. The van der Waals surface area contributed by atoms with Gasteiger partial charge in [-0.25, -0.2) is 18.4 Å². The molecule has 5 rings (SSSR count). The number of nitrogens with zero attached hydrogens (tertiary/aromatic N) is 4. The Labute approximate surface area is 225 Å². The number of aromatic nitrogens is 2. The van der Waals surface area contributed by atoms with Crippen LogP contribution in [-0.4, -0.2) is 53.8 Å². The van der Waals surface area contributed by atoms with Crippen molar-refractivity contribution in [2.75, 3.05) is 31.5 Å². The normalized spacial score (nSPS) is 16.0. The molecule has 1 saturated heterocycles. The Balaban J connectivity index is 1.33. The molecule has 0 amide bonds. The van der Waals surface area contributed by atoms with Crippen LogP contribution in [0.4, 0.5) is 11.5 Å². The second kappa shape index (κ2) is 11.2. The van der Waals surface area contributed by atoms with Crippen LogP contribution >= 0.6 is 0 Å². The van der Waals surface area contributed by atoms with E-state index in [0.717, 1.165) is 52.2 Å². The minimum Gasteiger partial charge on any atom is -0.339 e. The van der Waals surface area contributed by atoms with Gasteiger partial charge in [-0.15, -0.1) is 0 Å². The van der Waals surface area contributed by atoms with Gasteiger partial charge in [-0.2, -0.15) is 4.31 Å². The van der Waals surface area contributed by atoms with Gasteiger partial charge in [0.1, 0.15) is 11.6 Å². The number of fused-ring (bicyclic) bond motifs is 1. The molecule has 1 N–H and O–H groups in total. The van der Waals surface area contributed by atoms with Gasteiger partial charge >= 0.3 is 0 Å². The van der Waals surface area contributed by atoms with Crippen LogP contribution in [-0.2, 0) is 16.4 Å². The van der Waals surface area contributed by atoms with Crippen molar-refractivity contribution in [2.45, 2.75) is 44.6 Å². The first-order valence-corrected chi connectivity index (χ1v) is 14.7. The molecule has 0 bridgehead atoms. The van der Waals surface area contributed by atoms with Crippen molar-refractivity contribution in [1.29, 1.82) is 0 Å². The summed E-state index contributed by atoms with van der Waals surface area (Å²) in [5.74, 6) is 1.50. The quantitative estimate of drug-likeness (QED) is 0.315. The van der Waals surface area contributed by atoms with E-state index < -0.39 is 10.0 Å². The van der Waals surface area contributed by atoms with Gasteiger partial charge in [0.2, 0.25) is 10.0 Å². The molecule has 1 aromatic heterocycles. The Morgan fingerprint density at radius 1 is 0.895 bits per heavy atom. The molecule has 0 radical (unpaired) electrons. The van der Waals surface area contributed by atoms with Gasteiger partial charge in [-0.1, -0.05) is 55.8 Å². The fraction of sp³-hybridized carbons (Fsp3) is 0.333. The minimum absolute atomic E-state index is 0.0600. The molecule has 1 fully saturated rings. The van der Waals surface area contributed by atoms with Crippen LogP contribution < -0.4 is 5.32 Å². The molecule has 3 aromatic carbocycles. The average molecular weight is 530 g/mol. The number of anilines is 2. The number of rotatable bonds is 8. The van der Waals surface area contributed by atoms with Gasteiger partial charge in [-0.05, 0) is 61.7 Å². The molecular formula is C30H35N5O2S. The van der Waals surface area contributed by atoms with E-state index in [2.05, 4.69) is 37.1 Å². The summed E-state index contributed by atoms with van der Waals surface area (Å²) in [6.07, 6.45) is 1.99. The van der Waals surface area contributed by atoms with E-state index in [0.29, 0.717) is 31.1 Å². The summed E-state index contributed by atoms with van der Waals surface area (Å²) in [7, 11) is -3.52. The van der Waals surface area contributed by atoms with E-state index in [9.17, 15) is 8.42 Å². The number of hydrogen-bond donors (Lipinski definition) is 1. The van der Waals surface area contributed by atoms with E-state index in [-0.39, 0.29) is 6.04 Å². The van der Waals surface area contributed by atoms with E-state index in [1.54, 1.807) is 16.4 Å². The van der Waals surface area contributed by atoms with Gasteiger partial charge in [0.15, 0.2) is 0 Å². The molecule has 2 heterocycles. The Bertz CT molecular complexity index is 1510. The Morgan fingerprint density at radius 3 is 2.29 bits per heavy atom. The van der Waals surface area contributed by atoms with Gasteiger partial charge in [-0.3, -0.25) is 4.90 Å². The maximum absolute atomic E-state index is 13.3. The molecule has 0 saturated carbocycles. The Morgan fingerprint density at radius 2 is 1.58 bits per heavy atom. The average Bonchev–Trinajstić information content (AvgIpc) is 2.94. The van der Waals surface area contributed by atoms with Crippen LogP contribution in [0.5, 0.6) is 0 Å². The van der Waals surface area contributed by atoms with Crippen molar-refractivity contribution in [3.63, 3.8) is 0 Å². The maximum atomic E-state index is 13.3. The lowest BCUT2D eigenvalue weighted by Crippen LogP contribution is -2.49. The first-order valence-electron chi connectivity index (χ1n) is 13.3. The van der Waals surface area contributed by atoms with Gasteiger partial charge < -0.3 is 5.32 Å². The van der Waals surface area contributed by atoms with Crippen LogP contribution in [0.15, 0.2) is 77.7 Å². The molecule has 1 unspecified atom stereocenters. The summed E-state index contributed by atoms with van der Waals surface area (Å²) in [6, 6.07) is 23.4. The van der Waals surface area contributed by atoms with Gasteiger partial charge in [0.25, 0.3) is 0 Å². The zero-order chi connectivity index (χ0) is 26.7. The largest absolute Gasteiger partial charge is 0.339 e. The number of aryl methyl sites for hydroxylation is 2. The van der Waals surface area contributed by atoms with Crippen LogP contribution in [0.25, 0.3) is 10.9 Å². The number of piperazine rings is 1. The molecule has 7 nitrogen and oxygen atoms in total. The van der Waals surface area contributed by atoms with E-state index in [4.69, 9.17) is 9.97 Å². The molecule has 0 spiro atoms. The summed E-state index contributed by atoms with van der Waals surface area (Å²) in [4.78, 5) is 12.5. The molecule has 1 aliphatic rings. The lowest BCUT2D eigenvalue weighted by atomic mass is 10.1. The highest BCUT2D eigenvalue weighted by Gasteiger charge is 2.31. The molecule has 4 aromatic rings. The van der Waals surface area contributed by atoms with Crippen LogP contribution in [0.1, 0.15) is 43.3 Å². The third-order valence-electron chi connectivity index (χ3n) is 7.31. The number of nitrogens with one attached hydrogen (secondary N) is 1. The Kier molecular flexibility index (Phi) is 7.74. The SMILES string of the molecule is CCCc1ccc(S(=O)(=O)N2CCN(C(C)c3nc(Nc4ccccc4C)c4ccccc4n3)CC2)cc1. The lowest BCUT2D eigenvalue weighted by Gasteiger charge is -2.37. The maximum Gasteiger partial charge on any atom is 0.243 e. The first-order chi connectivity index (χ1) is 18.4. The second-order valence-electron chi connectivity index (χ2n) is 9.90. The summed E-state index contributed by atoms with van der Waals surface area (Å²) >= 11 is 0. The second-order valence-corrected chi connectivity index (χ2v) is 11.8. The van der Waals surface area contributed by atoms with Crippen molar-refractivity contribution in [2.24, 2.45) is 0 Å². The monoisotopic (exact) mass is 529 g/mol. The topological polar surface area (TPSA) is 78.4 Å². The van der Waals surface area contributed by atoms with Crippen molar-refractivity contribution in [3.8, 4) is 0 Å². The third kappa shape index (κ3) is 5.43. The number of benzene rings is 3. The standard InChI is InChI=1S/C30H35N5O2S/c1-4-9-24-14-16-25(17-15-24)38(36,37)35-20-18-34(19-21-35)23(3)29-32-28-13-8-6-11-26(28)30(33-29)31-27-12-7-5-10-22(27)2/h5-8,10-17,23H,4,9,18-21H2,1-3H3,(H,31,32,33). The number of para-hydroxylation sites is 2. The highest BCUT2D eigenvalue weighted by molar-refractivity contribution is 7.89. The van der Waals surface area contributed by atoms with Crippen LogP contribution in [0.2, 0.25) is 0 Å². The zero-order valence-corrected chi connectivity index (χ0v) is 23.1. The molecule has 0 aliphatic carbocycles. The lowest BCUT2D eigenvalue weighted by molar-refractivity contribution is 0.141. The van der Waals surface area contributed by atoms with Crippen molar-refractivity contribution in [3.05, 3.63) is 89.7 Å². The fourth-order valence-corrected chi connectivity index (χ4v) is 6.40. The Hall–Kier alpha value is -3.33. The molecule has 1 aliphatic heterocycles. The molecular weight excluding hydrogens is 494 g/mol. The van der Waals surface area contributed by atoms with E-state index >= 15 is 0 Å². The highest BCUT2D eigenvalue weighted by Crippen LogP contribution is 2.29. The van der Waals surface area contributed by atoms with Crippen LogP contribution in [0, 0.1) is 6.92 Å². The zero-order valence-electron chi connectivity index (χ0n) is 22.3. The van der Waals surface area contributed by atoms with Crippen molar-refractivity contribution in [1.82, 2.24) is 19.2 Å². The molecule has 8 heteroatoms. The van der Waals surface area contributed by atoms with Crippen molar-refractivity contribution < 1.29 is 8.42 Å².